The molecule has 1 aromatic heterocycles. The van der Waals surface area contributed by atoms with E-state index < -0.39 is 0 Å². The molecule has 1 saturated heterocycles. The molecule has 1 fully saturated rings. The first kappa shape index (κ1) is 14.4. The number of benzene rings is 1. The molecule has 0 saturated carbocycles. The lowest BCUT2D eigenvalue weighted by Crippen LogP contribution is -2.32. The standard InChI is InChI=1S/C16H20ClN3O/c17-14-6-4-5-13(11-14)15-12-20(18-16(15)21)10-9-19-7-2-1-3-8-19/h4-6,11-12H,1-3,7-10H2,(H,18,21). The van der Waals surface area contributed by atoms with Crippen LogP contribution in [0.4, 0.5) is 0 Å². The van der Waals surface area contributed by atoms with E-state index in [-0.39, 0.29) is 5.88 Å². The molecule has 2 heterocycles. The number of aromatic hydroxyl groups is 1. The Morgan fingerprint density at radius 2 is 1.95 bits per heavy atom. The number of halogens is 1. The molecule has 0 radical (unpaired) electrons. The quantitative estimate of drug-likeness (QED) is 0.941. The summed E-state index contributed by atoms with van der Waals surface area (Å²) in [6.07, 6.45) is 5.82. The van der Waals surface area contributed by atoms with Gasteiger partial charge in [0.25, 0.3) is 0 Å². The SMILES string of the molecule is Oc1nn(CCN2CCCCC2)cc1-c1cccc(Cl)c1. The molecule has 3 rings (SSSR count). The molecule has 1 aliphatic heterocycles. The summed E-state index contributed by atoms with van der Waals surface area (Å²) in [5.74, 6) is 0.0657. The lowest BCUT2D eigenvalue weighted by molar-refractivity contribution is 0.217. The van der Waals surface area contributed by atoms with Crippen molar-refractivity contribution < 1.29 is 5.11 Å². The number of aromatic nitrogens is 2. The van der Waals surface area contributed by atoms with Gasteiger partial charge in [0.1, 0.15) is 0 Å². The van der Waals surface area contributed by atoms with E-state index in [9.17, 15) is 5.11 Å². The summed E-state index contributed by atoms with van der Waals surface area (Å²) in [6.45, 7) is 4.13. The molecule has 5 heteroatoms. The maximum atomic E-state index is 10.0. The second-order valence-corrected chi connectivity index (χ2v) is 5.98. The zero-order valence-electron chi connectivity index (χ0n) is 12.0. The van der Waals surface area contributed by atoms with Crippen LogP contribution in [0, 0.1) is 0 Å². The molecule has 0 bridgehead atoms. The van der Waals surface area contributed by atoms with Crippen molar-refractivity contribution in [2.45, 2.75) is 25.8 Å². The van der Waals surface area contributed by atoms with Crippen molar-refractivity contribution in [2.75, 3.05) is 19.6 Å². The number of nitrogens with zero attached hydrogens (tertiary/aromatic N) is 3. The third-order valence-corrected chi connectivity index (χ3v) is 4.21. The molecular formula is C16H20ClN3O. The number of likely N-dealkylation sites (tertiary alicyclic amines) is 1. The van der Waals surface area contributed by atoms with Gasteiger partial charge in [0.2, 0.25) is 5.88 Å². The van der Waals surface area contributed by atoms with Gasteiger partial charge in [0.15, 0.2) is 0 Å². The Hall–Kier alpha value is -1.52. The molecule has 0 amide bonds. The maximum Gasteiger partial charge on any atom is 0.238 e. The van der Waals surface area contributed by atoms with Crippen molar-refractivity contribution in [3.8, 4) is 17.0 Å². The van der Waals surface area contributed by atoms with Crippen LogP contribution in [0.15, 0.2) is 30.5 Å². The van der Waals surface area contributed by atoms with Crippen molar-refractivity contribution in [3.05, 3.63) is 35.5 Å². The predicted octanol–water partition coefficient (Wildman–Crippen LogP) is 3.40. The summed E-state index contributed by atoms with van der Waals surface area (Å²) in [5.41, 5.74) is 1.63. The van der Waals surface area contributed by atoms with Crippen molar-refractivity contribution in [3.63, 3.8) is 0 Å². The summed E-state index contributed by atoms with van der Waals surface area (Å²) in [7, 11) is 0. The van der Waals surface area contributed by atoms with Crippen LogP contribution in [-0.4, -0.2) is 39.4 Å². The molecule has 0 spiro atoms. The van der Waals surface area contributed by atoms with Crippen LogP contribution in [-0.2, 0) is 6.54 Å². The Labute approximate surface area is 130 Å². The van der Waals surface area contributed by atoms with Crippen LogP contribution in [0.25, 0.3) is 11.1 Å². The van der Waals surface area contributed by atoms with Crippen LogP contribution < -0.4 is 0 Å². The predicted molar refractivity (Wildman–Crippen MR) is 84.6 cm³/mol. The summed E-state index contributed by atoms with van der Waals surface area (Å²) in [6, 6.07) is 7.47. The fourth-order valence-corrected chi connectivity index (χ4v) is 3.00. The first-order valence-corrected chi connectivity index (χ1v) is 7.85. The van der Waals surface area contributed by atoms with Crippen LogP contribution in [0.3, 0.4) is 0 Å². The van der Waals surface area contributed by atoms with E-state index in [1.54, 1.807) is 0 Å². The molecule has 1 N–H and O–H groups in total. The van der Waals surface area contributed by atoms with Gasteiger partial charge >= 0.3 is 0 Å². The highest BCUT2D eigenvalue weighted by Crippen LogP contribution is 2.29. The Morgan fingerprint density at radius 3 is 2.71 bits per heavy atom. The van der Waals surface area contributed by atoms with E-state index in [4.69, 9.17) is 11.6 Å². The zero-order valence-corrected chi connectivity index (χ0v) is 12.8. The average Bonchev–Trinajstić information content (AvgIpc) is 2.87. The van der Waals surface area contributed by atoms with Gasteiger partial charge in [-0.1, -0.05) is 30.2 Å². The van der Waals surface area contributed by atoms with Crippen LogP contribution in [0.5, 0.6) is 5.88 Å². The van der Waals surface area contributed by atoms with Gasteiger partial charge in [-0.3, -0.25) is 4.68 Å². The summed E-state index contributed by atoms with van der Waals surface area (Å²) >= 11 is 6.00. The van der Waals surface area contributed by atoms with Crippen molar-refractivity contribution in [1.29, 1.82) is 0 Å². The molecule has 0 aliphatic carbocycles. The van der Waals surface area contributed by atoms with Gasteiger partial charge in [-0.2, -0.15) is 0 Å². The molecule has 0 atom stereocenters. The Balaban J connectivity index is 1.69. The largest absolute Gasteiger partial charge is 0.492 e. The van der Waals surface area contributed by atoms with Gasteiger partial charge in [-0.05, 0) is 43.6 Å². The topological polar surface area (TPSA) is 41.3 Å². The fraction of sp³-hybridized carbons (Fsp3) is 0.438. The molecule has 112 valence electrons. The number of piperidine rings is 1. The highest BCUT2D eigenvalue weighted by molar-refractivity contribution is 6.30. The van der Waals surface area contributed by atoms with E-state index >= 15 is 0 Å². The minimum atomic E-state index is 0.0657. The first-order chi connectivity index (χ1) is 10.2. The van der Waals surface area contributed by atoms with E-state index in [0.717, 1.165) is 24.2 Å². The third-order valence-electron chi connectivity index (χ3n) is 3.97. The second kappa shape index (κ2) is 6.50. The second-order valence-electron chi connectivity index (χ2n) is 5.54. The zero-order chi connectivity index (χ0) is 14.7. The Bertz CT molecular complexity index is 605. The molecule has 1 aliphatic rings. The Kier molecular flexibility index (Phi) is 4.46. The smallest absolute Gasteiger partial charge is 0.238 e. The van der Waals surface area contributed by atoms with Crippen LogP contribution >= 0.6 is 11.6 Å². The molecule has 2 aromatic rings. The molecule has 1 aromatic carbocycles. The lowest BCUT2D eigenvalue weighted by atomic mass is 10.1. The average molecular weight is 306 g/mol. The summed E-state index contributed by atoms with van der Waals surface area (Å²) in [5, 5.41) is 14.9. The van der Waals surface area contributed by atoms with Crippen molar-refractivity contribution in [1.82, 2.24) is 14.7 Å². The van der Waals surface area contributed by atoms with Crippen LogP contribution in [0.2, 0.25) is 5.02 Å². The van der Waals surface area contributed by atoms with Gasteiger partial charge in [0.05, 0.1) is 12.1 Å². The van der Waals surface area contributed by atoms with E-state index in [0.29, 0.717) is 5.02 Å². The van der Waals surface area contributed by atoms with Gasteiger partial charge in [-0.25, -0.2) is 0 Å². The monoisotopic (exact) mass is 305 g/mol. The van der Waals surface area contributed by atoms with Gasteiger partial charge in [0, 0.05) is 17.8 Å². The van der Waals surface area contributed by atoms with E-state index in [1.807, 2.05) is 35.1 Å². The van der Waals surface area contributed by atoms with E-state index in [1.165, 1.54) is 32.4 Å². The number of hydrogen-bond acceptors (Lipinski definition) is 3. The highest BCUT2D eigenvalue weighted by atomic mass is 35.5. The molecule has 21 heavy (non-hydrogen) atoms. The lowest BCUT2D eigenvalue weighted by Gasteiger charge is -2.26. The first-order valence-electron chi connectivity index (χ1n) is 7.47. The number of rotatable bonds is 4. The van der Waals surface area contributed by atoms with E-state index in [2.05, 4.69) is 10.00 Å². The normalized spacial score (nSPS) is 16.2. The molecule has 0 unspecified atom stereocenters. The third kappa shape index (κ3) is 3.57. The minimum Gasteiger partial charge on any atom is -0.492 e. The number of hydrogen-bond donors (Lipinski definition) is 1. The van der Waals surface area contributed by atoms with Gasteiger partial charge in [-0.15, -0.1) is 5.10 Å². The fourth-order valence-electron chi connectivity index (χ4n) is 2.81. The Morgan fingerprint density at radius 1 is 1.14 bits per heavy atom. The van der Waals surface area contributed by atoms with Crippen molar-refractivity contribution >= 4 is 11.6 Å². The summed E-state index contributed by atoms with van der Waals surface area (Å²) < 4.78 is 1.82. The van der Waals surface area contributed by atoms with Gasteiger partial charge < -0.3 is 10.0 Å². The molecular weight excluding hydrogens is 286 g/mol. The summed E-state index contributed by atoms with van der Waals surface area (Å²) in [4.78, 5) is 2.46. The van der Waals surface area contributed by atoms with Crippen LogP contribution in [0.1, 0.15) is 19.3 Å². The maximum absolute atomic E-state index is 10.0. The van der Waals surface area contributed by atoms with Crippen molar-refractivity contribution in [2.24, 2.45) is 0 Å². The minimum absolute atomic E-state index is 0.0657. The molecule has 4 nitrogen and oxygen atoms in total. The highest BCUT2D eigenvalue weighted by Gasteiger charge is 2.13.